The second kappa shape index (κ2) is 31.7. The van der Waals surface area contributed by atoms with Crippen molar-refractivity contribution in [1.29, 1.82) is 0 Å². The molecule has 1 aliphatic carbocycles. The van der Waals surface area contributed by atoms with Gasteiger partial charge in [0.05, 0.1) is 6.61 Å². The lowest BCUT2D eigenvalue weighted by Crippen LogP contribution is -2.22. The van der Waals surface area contributed by atoms with Crippen LogP contribution in [0.25, 0.3) is 0 Å². The van der Waals surface area contributed by atoms with Crippen molar-refractivity contribution in [3.8, 4) is 11.5 Å². The second-order valence-corrected chi connectivity index (χ2v) is 10.3. The molecule has 0 bridgehead atoms. The van der Waals surface area contributed by atoms with Gasteiger partial charge in [-0.1, -0.05) is 76.4 Å². The first-order valence-electron chi connectivity index (χ1n) is 15.2. The summed E-state index contributed by atoms with van der Waals surface area (Å²) >= 11 is 0. The summed E-state index contributed by atoms with van der Waals surface area (Å²) in [6, 6.07) is 16.6. The fourth-order valence-corrected chi connectivity index (χ4v) is 3.41. The third-order valence-electron chi connectivity index (χ3n) is 5.53. The van der Waals surface area contributed by atoms with Crippen LogP contribution in [0.5, 0.6) is 11.5 Å². The number of benzene rings is 2. The number of nitrogens with two attached hydrogens (primary N) is 5. The Hall–Kier alpha value is -2.24. The molecule has 9 heteroatoms. The van der Waals surface area contributed by atoms with Crippen molar-refractivity contribution in [2.75, 3.05) is 47.2 Å². The number of hydrogen-bond acceptors (Lipinski definition) is 9. The molecule has 1 fully saturated rings. The molecule has 243 valence electrons. The minimum Gasteiger partial charge on any atom is -0.454 e. The molecule has 1 aliphatic heterocycles. The highest BCUT2D eigenvalue weighted by Crippen LogP contribution is 2.32. The van der Waals surface area contributed by atoms with Gasteiger partial charge in [0.1, 0.15) is 0 Å². The van der Waals surface area contributed by atoms with Gasteiger partial charge in [-0.25, -0.2) is 0 Å². The molecule has 0 unspecified atom stereocenters. The van der Waals surface area contributed by atoms with Gasteiger partial charge in [0.25, 0.3) is 0 Å². The summed E-state index contributed by atoms with van der Waals surface area (Å²) in [5.41, 5.74) is 28.8. The maximum absolute atomic E-state index is 5.63. The highest BCUT2D eigenvalue weighted by molar-refractivity contribution is 5.44. The van der Waals surface area contributed by atoms with Crippen LogP contribution in [0.15, 0.2) is 48.5 Å². The third-order valence-corrected chi connectivity index (χ3v) is 5.53. The quantitative estimate of drug-likeness (QED) is 0.245. The molecule has 0 spiro atoms. The van der Waals surface area contributed by atoms with Gasteiger partial charge in [-0.2, -0.15) is 0 Å². The Morgan fingerprint density at radius 1 is 0.857 bits per heavy atom. The minimum atomic E-state index is 0.323. The molecule has 0 amide bonds. The van der Waals surface area contributed by atoms with Gasteiger partial charge in [0, 0.05) is 32.8 Å². The lowest BCUT2D eigenvalue weighted by atomic mass is 9.97. The highest BCUT2D eigenvalue weighted by atomic mass is 16.7. The Morgan fingerprint density at radius 3 is 1.83 bits per heavy atom. The zero-order valence-corrected chi connectivity index (χ0v) is 27.0. The molecule has 9 nitrogen and oxygen atoms in total. The summed E-state index contributed by atoms with van der Waals surface area (Å²) < 4.78 is 14.9. The molecule has 0 saturated heterocycles. The maximum Gasteiger partial charge on any atom is 0.231 e. The van der Waals surface area contributed by atoms with Gasteiger partial charge in [0.2, 0.25) is 6.79 Å². The average molecular weight is 592 g/mol. The Morgan fingerprint density at radius 2 is 1.43 bits per heavy atom. The van der Waals surface area contributed by atoms with Crippen LogP contribution in [0, 0.1) is 12.8 Å². The van der Waals surface area contributed by atoms with Crippen LogP contribution in [-0.2, 0) is 17.8 Å². The SMILES string of the molecule is CNCc1ccccc1.COCCN.NC1CCCCC1.NCCCCN.NCc1ccc2c(c1)OCO2.[CH2]C(C)C. The summed E-state index contributed by atoms with van der Waals surface area (Å²) in [6.45, 7) is 12.4. The standard InChI is InChI=1S/C8H9NO2.C8H11N.C6H13N.C4H12N2.C4H9.C3H9NO/c9-4-6-1-2-7-8(3-6)11-5-10-7;1-9-7-8-5-3-2-4-6-8;7-6-4-2-1-3-5-6;5-3-1-2-4-6;1-4(2)3;1-5-3-2-4/h1-3H,4-5,9H2;2-6,9H,7H2,1H3;6H,1-5,7H2;1-6H2;4H,1H2,2-3H3;2-4H2,1H3. The van der Waals surface area contributed by atoms with Crippen LogP contribution in [0.3, 0.4) is 0 Å². The summed E-state index contributed by atoms with van der Waals surface area (Å²) in [6.07, 6.45) is 8.79. The van der Waals surface area contributed by atoms with Gasteiger partial charge in [0.15, 0.2) is 11.5 Å². The summed E-state index contributed by atoms with van der Waals surface area (Å²) in [5, 5.41) is 3.08. The monoisotopic (exact) mass is 591 g/mol. The molecule has 2 aromatic carbocycles. The number of unbranched alkanes of at least 4 members (excludes halogenated alkanes) is 1. The lowest BCUT2D eigenvalue weighted by Gasteiger charge is -2.15. The van der Waals surface area contributed by atoms with Crippen molar-refractivity contribution < 1.29 is 14.2 Å². The van der Waals surface area contributed by atoms with Gasteiger partial charge in [-0.3, -0.25) is 0 Å². The highest BCUT2D eigenvalue weighted by Gasteiger charge is 2.12. The zero-order chi connectivity index (χ0) is 31.8. The number of nitrogens with one attached hydrogen (secondary N) is 1. The van der Waals surface area contributed by atoms with Crippen LogP contribution in [-0.4, -0.2) is 53.2 Å². The first-order chi connectivity index (χ1) is 20.3. The van der Waals surface area contributed by atoms with E-state index in [9.17, 15) is 0 Å². The Balaban J connectivity index is 0. The molecule has 1 heterocycles. The molecule has 0 aromatic heterocycles. The molecule has 0 atom stereocenters. The lowest BCUT2D eigenvalue weighted by molar-refractivity contribution is 0.174. The number of hydrogen-bond donors (Lipinski definition) is 6. The van der Waals surface area contributed by atoms with Crippen LogP contribution in [0.1, 0.15) is 69.9 Å². The molecule has 2 aliphatic rings. The normalized spacial score (nSPS) is 12.9. The van der Waals surface area contributed by atoms with E-state index in [-0.39, 0.29) is 0 Å². The van der Waals surface area contributed by atoms with E-state index in [4.69, 9.17) is 38.1 Å². The molecular formula is C33H63N6O3. The molecule has 1 saturated carbocycles. The third kappa shape index (κ3) is 27.9. The van der Waals surface area contributed by atoms with Gasteiger partial charge in [-0.05, 0) is 75.0 Å². The van der Waals surface area contributed by atoms with Gasteiger partial charge >= 0.3 is 0 Å². The van der Waals surface area contributed by atoms with E-state index in [0.29, 0.717) is 38.4 Å². The predicted molar refractivity (Wildman–Crippen MR) is 179 cm³/mol. The topological polar surface area (TPSA) is 170 Å². The van der Waals surface area contributed by atoms with E-state index >= 15 is 0 Å². The van der Waals surface area contributed by atoms with Crippen molar-refractivity contribution in [3.63, 3.8) is 0 Å². The summed E-state index contributed by atoms with van der Waals surface area (Å²) in [7, 11) is 3.58. The Kier molecular flexibility index (Phi) is 31.6. The van der Waals surface area contributed by atoms with E-state index < -0.39 is 0 Å². The smallest absolute Gasteiger partial charge is 0.231 e. The van der Waals surface area contributed by atoms with E-state index in [1.807, 2.05) is 43.4 Å². The van der Waals surface area contributed by atoms with Crippen molar-refractivity contribution in [1.82, 2.24) is 5.32 Å². The van der Waals surface area contributed by atoms with Gasteiger partial charge < -0.3 is 48.2 Å². The van der Waals surface area contributed by atoms with E-state index in [1.54, 1.807) is 7.11 Å². The average Bonchev–Trinajstić information content (AvgIpc) is 3.47. The van der Waals surface area contributed by atoms with Crippen LogP contribution < -0.4 is 43.5 Å². The summed E-state index contributed by atoms with van der Waals surface area (Å²) in [4.78, 5) is 0. The second-order valence-electron chi connectivity index (χ2n) is 10.3. The Bertz CT molecular complexity index is 797. The Labute approximate surface area is 257 Å². The van der Waals surface area contributed by atoms with Crippen LogP contribution in [0.4, 0.5) is 0 Å². The van der Waals surface area contributed by atoms with E-state index in [2.05, 4.69) is 43.0 Å². The molecule has 1 radical (unpaired) electrons. The molecule has 42 heavy (non-hydrogen) atoms. The minimum absolute atomic E-state index is 0.323. The zero-order valence-electron chi connectivity index (χ0n) is 27.0. The van der Waals surface area contributed by atoms with E-state index in [0.717, 1.165) is 49.5 Å². The van der Waals surface area contributed by atoms with Crippen molar-refractivity contribution >= 4 is 0 Å². The van der Waals surface area contributed by atoms with Crippen molar-refractivity contribution in [2.45, 2.75) is 77.9 Å². The number of methoxy groups -OCH3 is 1. The van der Waals surface area contributed by atoms with Crippen molar-refractivity contribution in [3.05, 3.63) is 66.6 Å². The van der Waals surface area contributed by atoms with E-state index in [1.165, 1.54) is 37.7 Å². The van der Waals surface area contributed by atoms with Gasteiger partial charge in [-0.15, -0.1) is 0 Å². The first kappa shape index (κ1) is 41.9. The molecule has 2 aromatic rings. The number of fused-ring (bicyclic) bond motifs is 1. The molecular weight excluding hydrogens is 528 g/mol. The van der Waals surface area contributed by atoms with Crippen molar-refractivity contribution in [2.24, 2.45) is 34.6 Å². The van der Waals surface area contributed by atoms with Crippen LogP contribution in [0.2, 0.25) is 0 Å². The maximum atomic E-state index is 5.63. The predicted octanol–water partition coefficient (Wildman–Crippen LogP) is 4.31. The summed E-state index contributed by atoms with van der Waals surface area (Å²) in [5.74, 6) is 2.19. The fourth-order valence-electron chi connectivity index (χ4n) is 3.41. The molecule has 4 rings (SSSR count). The largest absolute Gasteiger partial charge is 0.454 e. The number of rotatable bonds is 8. The fraction of sp³-hybridized carbons (Fsp3) is 0.606. The first-order valence-corrected chi connectivity index (χ1v) is 15.2. The number of ether oxygens (including phenoxy) is 3. The molecule has 11 N–H and O–H groups in total. The van der Waals surface area contributed by atoms with Crippen LogP contribution >= 0.6 is 0 Å².